The van der Waals surface area contributed by atoms with Gasteiger partial charge in [0.15, 0.2) is 0 Å². The predicted molar refractivity (Wildman–Crippen MR) is 79.1 cm³/mol. The minimum atomic E-state index is -0.0153. The summed E-state index contributed by atoms with van der Waals surface area (Å²) in [5.41, 5.74) is 10.4. The maximum absolute atomic E-state index is 12.0. The van der Waals surface area contributed by atoms with Gasteiger partial charge in [0.25, 0.3) is 0 Å². The summed E-state index contributed by atoms with van der Waals surface area (Å²) >= 11 is 0. The lowest BCUT2D eigenvalue weighted by atomic mass is 10.1. The molecule has 2 aromatic rings. The van der Waals surface area contributed by atoms with Crippen LogP contribution in [0.4, 0.5) is 11.4 Å². The van der Waals surface area contributed by atoms with E-state index in [0.717, 1.165) is 28.1 Å². The Balaban J connectivity index is 2.09. The molecule has 0 fully saturated rings. The quantitative estimate of drug-likeness (QED) is 0.827. The molecule has 2 rings (SSSR count). The van der Waals surface area contributed by atoms with Gasteiger partial charge in [-0.25, -0.2) is 0 Å². The summed E-state index contributed by atoms with van der Waals surface area (Å²) in [6, 6.07) is 13.5. The van der Waals surface area contributed by atoms with E-state index < -0.39 is 0 Å². The topological polar surface area (TPSA) is 55.1 Å². The normalized spacial score (nSPS) is 10.2. The molecule has 0 unspecified atom stereocenters. The van der Waals surface area contributed by atoms with Crippen molar-refractivity contribution in [2.45, 2.75) is 20.3 Å². The SMILES string of the molecule is Cc1cc(NC(=O)Cc2ccccc2)c(C)cc1N. The second-order valence-electron chi connectivity index (χ2n) is 4.73. The molecule has 0 saturated heterocycles. The number of rotatable bonds is 3. The molecule has 98 valence electrons. The first-order valence-electron chi connectivity index (χ1n) is 6.27. The van der Waals surface area contributed by atoms with Crippen LogP contribution in [-0.4, -0.2) is 5.91 Å². The number of anilines is 2. The zero-order valence-electron chi connectivity index (χ0n) is 11.2. The summed E-state index contributed by atoms with van der Waals surface area (Å²) in [6.07, 6.45) is 0.379. The molecule has 0 aliphatic rings. The fraction of sp³-hybridized carbons (Fsp3) is 0.188. The number of nitrogens with two attached hydrogens (primary N) is 1. The Kier molecular flexibility index (Phi) is 3.85. The highest BCUT2D eigenvalue weighted by Gasteiger charge is 2.07. The smallest absolute Gasteiger partial charge is 0.228 e. The highest BCUT2D eigenvalue weighted by molar-refractivity contribution is 5.93. The maximum Gasteiger partial charge on any atom is 0.228 e. The third-order valence-corrected chi connectivity index (χ3v) is 3.09. The van der Waals surface area contributed by atoms with Crippen molar-refractivity contribution in [3.05, 3.63) is 59.2 Å². The average molecular weight is 254 g/mol. The van der Waals surface area contributed by atoms with Gasteiger partial charge in [-0.3, -0.25) is 4.79 Å². The largest absolute Gasteiger partial charge is 0.399 e. The second kappa shape index (κ2) is 5.57. The molecule has 0 aliphatic heterocycles. The van der Waals surface area contributed by atoms with Gasteiger partial charge in [0.1, 0.15) is 0 Å². The van der Waals surface area contributed by atoms with E-state index in [4.69, 9.17) is 5.73 Å². The summed E-state index contributed by atoms with van der Waals surface area (Å²) in [4.78, 5) is 12.0. The summed E-state index contributed by atoms with van der Waals surface area (Å²) in [5, 5.41) is 2.93. The Morgan fingerprint density at radius 3 is 2.47 bits per heavy atom. The van der Waals surface area contributed by atoms with Gasteiger partial charge >= 0.3 is 0 Å². The Hall–Kier alpha value is -2.29. The molecular formula is C16H18N2O. The molecule has 0 bridgehead atoms. The van der Waals surface area contributed by atoms with Gasteiger partial charge < -0.3 is 11.1 Å². The lowest BCUT2D eigenvalue weighted by molar-refractivity contribution is -0.115. The molecule has 2 aromatic carbocycles. The maximum atomic E-state index is 12.0. The first-order chi connectivity index (χ1) is 9.06. The van der Waals surface area contributed by atoms with Gasteiger partial charge in [0.2, 0.25) is 5.91 Å². The van der Waals surface area contributed by atoms with Crippen LogP contribution in [0, 0.1) is 13.8 Å². The predicted octanol–water partition coefficient (Wildman–Crippen LogP) is 3.07. The third kappa shape index (κ3) is 3.35. The van der Waals surface area contributed by atoms with Gasteiger partial charge in [-0.15, -0.1) is 0 Å². The van der Waals surface area contributed by atoms with Crippen molar-refractivity contribution in [3.8, 4) is 0 Å². The van der Waals surface area contributed by atoms with E-state index in [1.165, 1.54) is 0 Å². The first kappa shape index (κ1) is 13.1. The molecule has 0 spiro atoms. The zero-order valence-corrected chi connectivity index (χ0v) is 11.2. The summed E-state index contributed by atoms with van der Waals surface area (Å²) in [6.45, 7) is 3.87. The fourth-order valence-corrected chi connectivity index (χ4v) is 1.95. The van der Waals surface area contributed by atoms with E-state index in [9.17, 15) is 4.79 Å². The highest BCUT2D eigenvalue weighted by Crippen LogP contribution is 2.22. The minimum absolute atomic E-state index is 0.0153. The monoisotopic (exact) mass is 254 g/mol. The number of carbonyl (C=O) groups is 1. The number of carbonyl (C=O) groups excluding carboxylic acids is 1. The van der Waals surface area contributed by atoms with Crippen LogP contribution in [0.1, 0.15) is 16.7 Å². The van der Waals surface area contributed by atoms with Crippen molar-refractivity contribution in [2.75, 3.05) is 11.1 Å². The molecule has 19 heavy (non-hydrogen) atoms. The summed E-state index contributed by atoms with van der Waals surface area (Å²) < 4.78 is 0. The number of benzene rings is 2. The van der Waals surface area contributed by atoms with Gasteiger partial charge in [-0.05, 0) is 42.7 Å². The van der Waals surface area contributed by atoms with Crippen molar-refractivity contribution < 1.29 is 4.79 Å². The molecule has 3 N–H and O–H groups in total. The molecule has 0 aliphatic carbocycles. The number of hydrogen-bond acceptors (Lipinski definition) is 2. The molecule has 0 aromatic heterocycles. The number of nitrogens with one attached hydrogen (secondary N) is 1. The zero-order chi connectivity index (χ0) is 13.8. The molecule has 0 radical (unpaired) electrons. The third-order valence-electron chi connectivity index (χ3n) is 3.09. The van der Waals surface area contributed by atoms with Crippen LogP contribution in [-0.2, 0) is 11.2 Å². The molecule has 0 heterocycles. The molecule has 0 atom stereocenters. The van der Waals surface area contributed by atoms with E-state index in [1.807, 2.05) is 56.3 Å². The van der Waals surface area contributed by atoms with Crippen molar-refractivity contribution >= 4 is 17.3 Å². The minimum Gasteiger partial charge on any atom is -0.399 e. The van der Waals surface area contributed by atoms with Crippen molar-refractivity contribution in [1.82, 2.24) is 0 Å². The van der Waals surface area contributed by atoms with Crippen LogP contribution in [0.3, 0.4) is 0 Å². The number of aryl methyl sites for hydroxylation is 2. The number of amides is 1. The van der Waals surface area contributed by atoms with Crippen LogP contribution in [0.15, 0.2) is 42.5 Å². The van der Waals surface area contributed by atoms with E-state index >= 15 is 0 Å². The summed E-state index contributed by atoms with van der Waals surface area (Å²) in [7, 11) is 0. The van der Waals surface area contributed by atoms with Gasteiger partial charge in [0, 0.05) is 11.4 Å². The Labute approximate surface area is 113 Å². The second-order valence-corrected chi connectivity index (χ2v) is 4.73. The molecule has 0 saturated carbocycles. The van der Waals surface area contributed by atoms with E-state index in [2.05, 4.69) is 5.32 Å². The van der Waals surface area contributed by atoms with E-state index in [1.54, 1.807) is 0 Å². The van der Waals surface area contributed by atoms with Crippen LogP contribution >= 0.6 is 0 Å². The molecule has 3 heteroatoms. The van der Waals surface area contributed by atoms with Crippen LogP contribution in [0.25, 0.3) is 0 Å². The number of hydrogen-bond donors (Lipinski definition) is 2. The van der Waals surface area contributed by atoms with Gasteiger partial charge in [-0.2, -0.15) is 0 Å². The highest BCUT2D eigenvalue weighted by atomic mass is 16.1. The Bertz CT molecular complexity index is 591. The van der Waals surface area contributed by atoms with Crippen molar-refractivity contribution in [1.29, 1.82) is 0 Å². The molecule has 3 nitrogen and oxygen atoms in total. The van der Waals surface area contributed by atoms with Crippen LogP contribution in [0.2, 0.25) is 0 Å². The van der Waals surface area contributed by atoms with Crippen LogP contribution in [0.5, 0.6) is 0 Å². The lowest BCUT2D eigenvalue weighted by Gasteiger charge is -2.11. The van der Waals surface area contributed by atoms with E-state index in [0.29, 0.717) is 6.42 Å². The summed E-state index contributed by atoms with van der Waals surface area (Å²) in [5.74, 6) is -0.0153. The number of nitrogen functional groups attached to an aromatic ring is 1. The van der Waals surface area contributed by atoms with Crippen LogP contribution < -0.4 is 11.1 Å². The molecular weight excluding hydrogens is 236 g/mol. The van der Waals surface area contributed by atoms with Crippen molar-refractivity contribution in [2.24, 2.45) is 0 Å². The fourth-order valence-electron chi connectivity index (χ4n) is 1.95. The van der Waals surface area contributed by atoms with E-state index in [-0.39, 0.29) is 5.91 Å². The Morgan fingerprint density at radius 2 is 1.79 bits per heavy atom. The van der Waals surface area contributed by atoms with Gasteiger partial charge in [0.05, 0.1) is 6.42 Å². The lowest BCUT2D eigenvalue weighted by Crippen LogP contribution is -2.15. The van der Waals surface area contributed by atoms with Gasteiger partial charge in [-0.1, -0.05) is 30.3 Å². The standard InChI is InChI=1S/C16H18N2O/c1-11-9-15(12(2)8-14(11)17)18-16(19)10-13-6-4-3-5-7-13/h3-9H,10,17H2,1-2H3,(H,18,19). The molecule has 1 amide bonds. The first-order valence-corrected chi connectivity index (χ1v) is 6.27. The van der Waals surface area contributed by atoms with Crippen molar-refractivity contribution in [3.63, 3.8) is 0 Å². The average Bonchev–Trinajstić information content (AvgIpc) is 2.37. The Morgan fingerprint density at radius 1 is 1.11 bits per heavy atom.